The molecular weight excluding hydrogens is 1110 g/mol. The van der Waals surface area contributed by atoms with Crippen molar-refractivity contribution in [2.75, 3.05) is 13.1 Å². The number of rotatable bonds is 18. The molecule has 0 saturated heterocycles. The van der Waals surface area contributed by atoms with Crippen molar-refractivity contribution in [3.05, 3.63) is 313 Å². The van der Waals surface area contributed by atoms with Crippen molar-refractivity contribution in [1.29, 1.82) is 5.26 Å². The summed E-state index contributed by atoms with van der Waals surface area (Å²) >= 11 is 0. The molecule has 0 aliphatic heterocycles. The normalized spacial score (nSPS) is 10.2. The summed E-state index contributed by atoms with van der Waals surface area (Å²) in [6, 6.07) is 84.8. The molecule has 12 nitrogen and oxygen atoms in total. The number of carboxylic acids is 2. The number of benzene rings is 6. The van der Waals surface area contributed by atoms with E-state index in [1.807, 2.05) is 72.8 Å². The number of aromatic nitrogens is 4. The molecular formula is C67H62BFe2N7O5+2. The van der Waals surface area contributed by atoms with Crippen molar-refractivity contribution < 1.29 is 59.0 Å². The van der Waals surface area contributed by atoms with Crippen LogP contribution in [0.2, 0.25) is 0 Å². The molecule has 0 saturated carbocycles. The largest absolute Gasteiger partial charge is 3.00 e. The van der Waals surface area contributed by atoms with E-state index in [2.05, 4.69) is 151 Å². The summed E-state index contributed by atoms with van der Waals surface area (Å²) in [7, 11) is 0. The molecule has 0 spiro atoms. The molecule has 0 atom stereocenters. The maximum absolute atomic E-state index is 13.3. The average molecular weight is 1170 g/mol. The van der Waals surface area contributed by atoms with Crippen molar-refractivity contribution in [3.8, 4) is 6.07 Å². The van der Waals surface area contributed by atoms with Crippen LogP contribution in [0.4, 0.5) is 0 Å². The standard InChI is InChI=1S/C27H29N6O.C24H20B.2C7H6O2.C2H3N.2Fe/c34-27(21-32(17-23-9-1-5-13-28-23)18-24-10-2-6-14-29-24)22-33(19-25-11-3-7-15-30-25)20-26-12-4-8-16-31-26;1-5-13-21(14-6-1)25(22-15-7-2-8-16-22,23-17-9-3-10-18-23)24-19-11-4-12-20-24;2*8-7(9)6-4-2-1-3-5-6;1-2-3;;/h1-16,27H,17-22H2;1-20H;2*1-5H,(H,8,9);1H3;;/q2*-1;;;;2*+3/p-2. The predicted molar refractivity (Wildman–Crippen MR) is 312 cm³/mol. The molecule has 0 aliphatic carbocycles. The van der Waals surface area contributed by atoms with Gasteiger partial charge in [0.1, 0.15) is 6.15 Å². The van der Waals surface area contributed by atoms with E-state index in [0.717, 1.165) is 22.8 Å². The zero-order chi connectivity index (χ0) is 56.5. The van der Waals surface area contributed by atoms with Crippen LogP contribution in [0.15, 0.2) is 280 Å². The molecule has 0 unspecified atom stereocenters. The molecule has 6 aromatic carbocycles. The predicted octanol–water partition coefficient (Wildman–Crippen LogP) is 6.39. The number of hydrogen-bond donors (Lipinski definition) is 0. The van der Waals surface area contributed by atoms with Crippen molar-refractivity contribution in [1.82, 2.24) is 29.7 Å². The van der Waals surface area contributed by atoms with Gasteiger partial charge in [0, 0.05) is 57.9 Å². The Bertz CT molecular complexity index is 2930. The Balaban J connectivity index is 0.000000261. The third kappa shape index (κ3) is 21.8. The third-order valence-electron chi connectivity index (χ3n) is 12.6. The van der Waals surface area contributed by atoms with Crippen LogP contribution in [0, 0.1) is 11.3 Å². The number of nitrogens with zero attached hydrogens (tertiary/aromatic N) is 7. The van der Waals surface area contributed by atoms with Gasteiger partial charge in [-0.15, -0.1) is 6.10 Å². The maximum atomic E-state index is 13.3. The Morgan fingerprint density at radius 1 is 0.402 bits per heavy atom. The zero-order valence-corrected chi connectivity index (χ0v) is 47.5. The molecule has 82 heavy (non-hydrogen) atoms. The van der Waals surface area contributed by atoms with Crippen LogP contribution in [0.1, 0.15) is 50.4 Å². The van der Waals surface area contributed by atoms with E-state index in [1.165, 1.54) is 53.0 Å². The fourth-order valence-electron chi connectivity index (χ4n) is 9.16. The Hall–Kier alpha value is -8.67. The number of nitriles is 1. The van der Waals surface area contributed by atoms with E-state index in [0.29, 0.717) is 39.3 Å². The van der Waals surface area contributed by atoms with Crippen molar-refractivity contribution >= 4 is 39.9 Å². The molecule has 412 valence electrons. The van der Waals surface area contributed by atoms with Gasteiger partial charge in [0.25, 0.3) is 0 Å². The molecule has 2 radical (unpaired) electrons. The molecule has 0 bridgehead atoms. The molecule has 4 heterocycles. The van der Waals surface area contributed by atoms with E-state index in [4.69, 9.17) is 5.26 Å². The molecule has 0 amide bonds. The quantitative estimate of drug-likeness (QED) is 0.0865. The second kappa shape index (κ2) is 37.3. The van der Waals surface area contributed by atoms with Gasteiger partial charge < -0.3 is 24.9 Å². The summed E-state index contributed by atoms with van der Waals surface area (Å²) in [5.74, 6) is -2.26. The van der Waals surface area contributed by atoms with Gasteiger partial charge in [-0.25, -0.2) is 0 Å². The van der Waals surface area contributed by atoms with Gasteiger partial charge in [0.15, 0.2) is 0 Å². The van der Waals surface area contributed by atoms with Gasteiger partial charge in [-0.05, 0) is 72.7 Å². The van der Waals surface area contributed by atoms with E-state index >= 15 is 0 Å². The van der Waals surface area contributed by atoms with Gasteiger partial charge >= 0.3 is 34.1 Å². The Morgan fingerprint density at radius 2 is 0.610 bits per heavy atom. The summed E-state index contributed by atoms with van der Waals surface area (Å²) < 4.78 is 0. The van der Waals surface area contributed by atoms with E-state index in [-0.39, 0.29) is 45.3 Å². The summed E-state index contributed by atoms with van der Waals surface area (Å²) in [6.45, 7) is 4.57. The number of carbonyl (C=O) groups excluding carboxylic acids is 2. The molecule has 15 heteroatoms. The van der Waals surface area contributed by atoms with Crippen molar-refractivity contribution in [3.63, 3.8) is 0 Å². The summed E-state index contributed by atoms with van der Waals surface area (Å²) in [4.78, 5) is 42.2. The van der Waals surface area contributed by atoms with Crippen LogP contribution in [0.3, 0.4) is 0 Å². The van der Waals surface area contributed by atoms with Crippen LogP contribution in [-0.4, -0.2) is 67.0 Å². The van der Waals surface area contributed by atoms with Gasteiger partial charge in [-0.1, -0.05) is 206 Å². The Labute approximate surface area is 502 Å². The summed E-state index contributed by atoms with van der Waals surface area (Å²) in [5.41, 5.74) is 9.53. The molecule has 0 N–H and O–H groups in total. The van der Waals surface area contributed by atoms with E-state index in [1.54, 1.807) is 67.3 Å². The van der Waals surface area contributed by atoms with E-state index in [9.17, 15) is 24.9 Å². The third-order valence-corrected chi connectivity index (χ3v) is 12.6. The second-order valence-electron chi connectivity index (χ2n) is 18.3. The molecule has 0 fully saturated rings. The first-order valence-corrected chi connectivity index (χ1v) is 26.1. The summed E-state index contributed by atoms with van der Waals surface area (Å²) in [6.07, 6.45) is 5.09. The fraction of sp³-hybridized carbons (Fsp3) is 0.119. The fourth-order valence-corrected chi connectivity index (χ4v) is 9.16. The van der Waals surface area contributed by atoms with Gasteiger partial charge in [0.2, 0.25) is 0 Å². The van der Waals surface area contributed by atoms with Crippen molar-refractivity contribution in [2.45, 2.75) is 39.2 Å². The molecule has 10 rings (SSSR count). The van der Waals surface area contributed by atoms with Gasteiger partial charge in [-0.3, -0.25) is 29.7 Å². The Kier molecular flexibility index (Phi) is 30.0. The first-order valence-electron chi connectivity index (χ1n) is 26.1. The number of aromatic carboxylic acids is 2. The molecule has 10 aromatic rings. The minimum Gasteiger partial charge on any atom is -0.850 e. The van der Waals surface area contributed by atoms with Crippen LogP contribution in [-0.2, 0) is 60.3 Å². The summed E-state index contributed by atoms with van der Waals surface area (Å²) in [5, 5.41) is 40.8. The number of carboxylic acid groups (broad SMARTS) is 2. The minimum atomic E-state index is -1.22. The molecule has 4 aromatic heterocycles. The van der Waals surface area contributed by atoms with Gasteiger partial charge in [-0.2, -0.15) is 27.1 Å². The van der Waals surface area contributed by atoms with Crippen molar-refractivity contribution in [2.24, 2.45) is 0 Å². The Morgan fingerprint density at radius 3 is 0.793 bits per heavy atom. The molecule has 0 aliphatic rings. The number of pyridine rings is 4. The second-order valence-corrected chi connectivity index (χ2v) is 18.3. The van der Waals surface area contributed by atoms with Gasteiger partial charge in [0.05, 0.1) is 40.8 Å². The maximum Gasteiger partial charge on any atom is 3.00 e. The van der Waals surface area contributed by atoms with Crippen LogP contribution in [0.25, 0.3) is 0 Å². The zero-order valence-electron chi connectivity index (χ0n) is 45.3. The van der Waals surface area contributed by atoms with Crippen LogP contribution in [0.5, 0.6) is 0 Å². The first-order chi connectivity index (χ1) is 39.2. The van der Waals surface area contributed by atoms with Crippen LogP contribution >= 0.6 is 0 Å². The topological polar surface area (TPSA) is 185 Å². The smallest absolute Gasteiger partial charge is 0.850 e. The minimum absolute atomic E-state index is 0. The van der Waals surface area contributed by atoms with Crippen LogP contribution < -0.4 is 37.2 Å². The van der Waals surface area contributed by atoms with E-state index < -0.39 is 24.2 Å². The number of carbonyl (C=O) groups is 2. The monoisotopic (exact) mass is 1170 g/mol. The SMILES string of the molecule is CC#N.O=C([O-])c1ccccc1.O=C([O-])c1ccccc1.[Fe+3].[Fe+3].[O-]C(CN(Cc1ccccn1)Cc1ccccn1)CN(Cc1ccccn1)Cc1ccccn1.c1ccc([B-](c2ccccc2)(c2ccccc2)c2ccccc2)cc1. The number of hydrogen-bond acceptors (Lipinski definition) is 12. The first kappa shape index (κ1) is 65.8. The average Bonchev–Trinajstić information content (AvgIpc) is 3.55.